The van der Waals surface area contributed by atoms with Gasteiger partial charge in [-0.1, -0.05) is 20.8 Å². The molecule has 2 aromatic rings. The van der Waals surface area contributed by atoms with Gasteiger partial charge in [-0.25, -0.2) is 4.68 Å². The van der Waals surface area contributed by atoms with Crippen LogP contribution in [0.2, 0.25) is 0 Å². The summed E-state index contributed by atoms with van der Waals surface area (Å²) in [5.74, 6) is 1.32. The highest BCUT2D eigenvalue weighted by Crippen LogP contribution is 2.38. The topological polar surface area (TPSA) is 39.9 Å². The van der Waals surface area contributed by atoms with Gasteiger partial charge in [0, 0.05) is 36.0 Å². The van der Waals surface area contributed by atoms with Gasteiger partial charge in [0.15, 0.2) is 0 Å². The summed E-state index contributed by atoms with van der Waals surface area (Å²) in [6.45, 7) is 9.55. The summed E-state index contributed by atoms with van der Waals surface area (Å²) < 4.78 is 8.06. The second-order valence-electron chi connectivity index (χ2n) is 6.05. The molecular formula is C17H23N3O. The summed E-state index contributed by atoms with van der Waals surface area (Å²) in [5.41, 5.74) is 4.41. The number of rotatable bonds is 3. The minimum absolute atomic E-state index is 0.264. The molecule has 21 heavy (non-hydrogen) atoms. The number of aromatic nitrogens is 3. The average molecular weight is 285 g/mol. The quantitative estimate of drug-likeness (QED) is 0.861. The molecule has 0 fully saturated rings. The third kappa shape index (κ3) is 2.55. The molecule has 3 heterocycles. The molecule has 4 nitrogen and oxygen atoms in total. The molecule has 4 heteroatoms. The van der Waals surface area contributed by atoms with Crippen molar-refractivity contribution in [2.75, 3.05) is 0 Å². The Balaban J connectivity index is 2.09. The zero-order valence-corrected chi connectivity index (χ0v) is 13.3. The molecule has 1 aliphatic rings. The standard InChI is InChI=1S/C17H23N3O/c1-5-14-7-6-13(10-18-14)16-15(11(2)3)17-20(19-16)9-8-12(4)21-17/h6-7,10-12H,5,8-9H2,1-4H3/t12-/m1/s1. The van der Waals surface area contributed by atoms with Crippen LogP contribution >= 0.6 is 0 Å². The highest BCUT2D eigenvalue weighted by atomic mass is 16.5. The number of ether oxygens (including phenoxy) is 1. The summed E-state index contributed by atoms with van der Waals surface area (Å²) in [5, 5.41) is 4.78. The maximum absolute atomic E-state index is 6.05. The Morgan fingerprint density at radius 3 is 2.81 bits per heavy atom. The summed E-state index contributed by atoms with van der Waals surface area (Å²) in [6, 6.07) is 4.21. The number of fused-ring (bicyclic) bond motifs is 1. The van der Waals surface area contributed by atoms with Gasteiger partial charge in [-0.2, -0.15) is 5.10 Å². The van der Waals surface area contributed by atoms with Gasteiger partial charge < -0.3 is 4.74 Å². The second-order valence-corrected chi connectivity index (χ2v) is 6.05. The molecule has 0 N–H and O–H groups in total. The van der Waals surface area contributed by atoms with E-state index in [1.54, 1.807) is 0 Å². The van der Waals surface area contributed by atoms with Gasteiger partial charge in [0.05, 0.1) is 6.10 Å². The maximum Gasteiger partial charge on any atom is 0.216 e. The average Bonchev–Trinajstić information content (AvgIpc) is 2.86. The van der Waals surface area contributed by atoms with E-state index >= 15 is 0 Å². The summed E-state index contributed by atoms with van der Waals surface area (Å²) in [6.07, 6.45) is 4.17. The Morgan fingerprint density at radius 2 is 2.19 bits per heavy atom. The first-order valence-electron chi connectivity index (χ1n) is 7.82. The van der Waals surface area contributed by atoms with E-state index in [4.69, 9.17) is 9.84 Å². The predicted octanol–water partition coefficient (Wildman–Crippen LogP) is 3.80. The van der Waals surface area contributed by atoms with Crippen molar-refractivity contribution in [1.29, 1.82) is 0 Å². The number of hydrogen-bond donors (Lipinski definition) is 0. The van der Waals surface area contributed by atoms with Crippen LogP contribution in [0.3, 0.4) is 0 Å². The highest BCUT2D eigenvalue weighted by molar-refractivity contribution is 5.65. The van der Waals surface area contributed by atoms with Crippen LogP contribution in [-0.4, -0.2) is 20.9 Å². The molecule has 0 saturated carbocycles. The zero-order valence-electron chi connectivity index (χ0n) is 13.3. The van der Waals surface area contributed by atoms with Crippen molar-refractivity contribution >= 4 is 0 Å². The molecule has 0 amide bonds. The van der Waals surface area contributed by atoms with E-state index in [2.05, 4.69) is 44.8 Å². The SMILES string of the molecule is CCc1ccc(-c2nn3c(c2C(C)C)O[C@H](C)CC3)cn1. The van der Waals surface area contributed by atoms with Gasteiger partial charge in [0.2, 0.25) is 5.88 Å². The van der Waals surface area contributed by atoms with Crippen LogP contribution in [0.1, 0.15) is 51.3 Å². The fraction of sp³-hybridized carbons (Fsp3) is 0.529. The highest BCUT2D eigenvalue weighted by Gasteiger charge is 2.27. The Labute approximate surface area is 126 Å². The van der Waals surface area contributed by atoms with Crippen molar-refractivity contribution in [2.45, 2.75) is 59.1 Å². The summed E-state index contributed by atoms with van der Waals surface area (Å²) in [7, 11) is 0. The van der Waals surface area contributed by atoms with E-state index in [1.165, 1.54) is 5.56 Å². The lowest BCUT2D eigenvalue weighted by atomic mass is 9.99. The Morgan fingerprint density at radius 1 is 1.38 bits per heavy atom. The smallest absolute Gasteiger partial charge is 0.216 e. The monoisotopic (exact) mass is 285 g/mol. The van der Waals surface area contributed by atoms with E-state index in [1.807, 2.05) is 10.9 Å². The van der Waals surface area contributed by atoms with Crippen molar-refractivity contribution in [1.82, 2.24) is 14.8 Å². The zero-order chi connectivity index (χ0) is 15.0. The Bertz CT molecular complexity index is 628. The lowest BCUT2D eigenvalue weighted by molar-refractivity contribution is 0.147. The molecule has 112 valence electrons. The molecular weight excluding hydrogens is 262 g/mol. The summed E-state index contributed by atoms with van der Waals surface area (Å²) >= 11 is 0. The fourth-order valence-corrected chi connectivity index (χ4v) is 2.80. The van der Waals surface area contributed by atoms with Gasteiger partial charge in [0.25, 0.3) is 0 Å². The first-order chi connectivity index (χ1) is 10.1. The number of nitrogens with zero attached hydrogens (tertiary/aromatic N) is 3. The second kappa shape index (κ2) is 5.51. The van der Waals surface area contributed by atoms with Gasteiger partial charge in [-0.05, 0) is 31.4 Å². The predicted molar refractivity (Wildman–Crippen MR) is 83.6 cm³/mol. The third-order valence-electron chi connectivity index (χ3n) is 4.04. The van der Waals surface area contributed by atoms with Crippen LogP contribution in [0.4, 0.5) is 0 Å². The van der Waals surface area contributed by atoms with E-state index < -0.39 is 0 Å². The largest absolute Gasteiger partial charge is 0.475 e. The Hall–Kier alpha value is -1.84. The van der Waals surface area contributed by atoms with Gasteiger partial charge >= 0.3 is 0 Å². The van der Waals surface area contributed by atoms with Crippen LogP contribution in [0.15, 0.2) is 18.3 Å². The first kappa shape index (κ1) is 14.1. The van der Waals surface area contributed by atoms with E-state index in [9.17, 15) is 0 Å². The minimum atomic E-state index is 0.264. The van der Waals surface area contributed by atoms with Crippen molar-refractivity contribution in [3.05, 3.63) is 29.6 Å². The van der Waals surface area contributed by atoms with E-state index in [-0.39, 0.29) is 6.10 Å². The van der Waals surface area contributed by atoms with Crippen molar-refractivity contribution in [3.63, 3.8) is 0 Å². The molecule has 0 bridgehead atoms. The molecule has 0 radical (unpaired) electrons. The lowest BCUT2D eigenvalue weighted by Gasteiger charge is -2.23. The van der Waals surface area contributed by atoms with Crippen LogP contribution in [0, 0.1) is 0 Å². The minimum Gasteiger partial charge on any atom is -0.475 e. The van der Waals surface area contributed by atoms with Crippen molar-refractivity contribution in [2.24, 2.45) is 0 Å². The fourth-order valence-electron chi connectivity index (χ4n) is 2.80. The molecule has 0 saturated heterocycles. The molecule has 1 aliphatic heterocycles. The summed E-state index contributed by atoms with van der Waals surface area (Å²) in [4.78, 5) is 4.51. The first-order valence-corrected chi connectivity index (χ1v) is 7.82. The van der Waals surface area contributed by atoms with Gasteiger partial charge in [-0.15, -0.1) is 0 Å². The van der Waals surface area contributed by atoms with Crippen molar-refractivity contribution in [3.8, 4) is 17.1 Å². The third-order valence-corrected chi connectivity index (χ3v) is 4.04. The Kier molecular flexibility index (Phi) is 3.70. The molecule has 2 aromatic heterocycles. The lowest BCUT2D eigenvalue weighted by Crippen LogP contribution is -2.23. The number of aryl methyl sites for hydroxylation is 2. The molecule has 0 spiro atoms. The molecule has 0 unspecified atom stereocenters. The van der Waals surface area contributed by atoms with Gasteiger partial charge in [0.1, 0.15) is 5.69 Å². The molecule has 3 rings (SSSR count). The molecule has 0 aromatic carbocycles. The van der Waals surface area contributed by atoms with E-state index in [0.717, 1.165) is 42.2 Å². The molecule has 1 atom stereocenters. The number of hydrogen-bond acceptors (Lipinski definition) is 3. The van der Waals surface area contributed by atoms with Crippen LogP contribution in [0.5, 0.6) is 5.88 Å². The number of pyridine rings is 1. The van der Waals surface area contributed by atoms with Crippen LogP contribution in [0.25, 0.3) is 11.3 Å². The molecule has 0 aliphatic carbocycles. The van der Waals surface area contributed by atoms with Crippen LogP contribution < -0.4 is 4.74 Å². The van der Waals surface area contributed by atoms with Gasteiger partial charge in [-0.3, -0.25) is 4.98 Å². The maximum atomic E-state index is 6.05. The van der Waals surface area contributed by atoms with Crippen molar-refractivity contribution < 1.29 is 4.74 Å². The van der Waals surface area contributed by atoms with Crippen LogP contribution in [-0.2, 0) is 13.0 Å². The van der Waals surface area contributed by atoms with E-state index in [0.29, 0.717) is 5.92 Å². The normalized spacial score (nSPS) is 17.7.